The number of fused-ring (bicyclic) bond motifs is 1. The molecular formula is C23H21ClN2O3S. The van der Waals surface area contributed by atoms with Crippen LogP contribution in [0.25, 0.3) is 0 Å². The number of para-hydroxylation sites is 1. The number of benzene rings is 2. The van der Waals surface area contributed by atoms with E-state index in [1.807, 2.05) is 30.3 Å². The van der Waals surface area contributed by atoms with Crippen LogP contribution in [0.2, 0.25) is 5.02 Å². The van der Waals surface area contributed by atoms with Crippen LogP contribution in [0.1, 0.15) is 33.6 Å². The number of aryl methyl sites for hydroxylation is 1. The Kier molecular flexibility index (Phi) is 6.35. The molecule has 3 aromatic rings. The highest BCUT2D eigenvalue weighted by Gasteiger charge is 2.26. The quantitative estimate of drug-likeness (QED) is 0.528. The van der Waals surface area contributed by atoms with Gasteiger partial charge in [0.25, 0.3) is 11.8 Å². The highest BCUT2D eigenvalue weighted by Crippen LogP contribution is 2.38. The van der Waals surface area contributed by atoms with E-state index >= 15 is 0 Å². The normalized spacial score (nSPS) is 12.7. The van der Waals surface area contributed by atoms with E-state index in [0.717, 1.165) is 36.9 Å². The number of hydrogen-bond acceptors (Lipinski definition) is 4. The van der Waals surface area contributed by atoms with Crippen molar-refractivity contribution in [3.05, 3.63) is 75.6 Å². The van der Waals surface area contributed by atoms with Gasteiger partial charge in [0.05, 0.1) is 5.56 Å². The number of thiophene rings is 1. The number of ether oxygens (including phenoxy) is 1. The average molecular weight is 441 g/mol. The molecule has 1 heterocycles. The van der Waals surface area contributed by atoms with Crippen LogP contribution in [0.15, 0.2) is 54.6 Å². The van der Waals surface area contributed by atoms with Crippen LogP contribution < -0.4 is 15.4 Å². The Balaban J connectivity index is 1.50. The molecule has 1 aliphatic rings. The van der Waals surface area contributed by atoms with Gasteiger partial charge in [0.15, 0.2) is 6.61 Å². The number of nitrogens with one attached hydrogen (secondary N) is 2. The Morgan fingerprint density at radius 1 is 0.967 bits per heavy atom. The van der Waals surface area contributed by atoms with Crippen molar-refractivity contribution >= 4 is 45.4 Å². The van der Waals surface area contributed by atoms with Crippen molar-refractivity contribution in [2.75, 3.05) is 17.2 Å². The Hall–Kier alpha value is -2.83. The third-order valence-corrected chi connectivity index (χ3v) is 6.33. The van der Waals surface area contributed by atoms with E-state index < -0.39 is 0 Å². The molecule has 0 bridgehead atoms. The summed E-state index contributed by atoms with van der Waals surface area (Å²) in [6.45, 7) is -0.149. The first-order valence-electron chi connectivity index (χ1n) is 9.79. The smallest absolute Gasteiger partial charge is 0.262 e. The molecule has 1 aromatic heterocycles. The molecule has 0 aliphatic heterocycles. The number of amides is 2. The molecule has 7 heteroatoms. The van der Waals surface area contributed by atoms with Gasteiger partial charge in [-0.1, -0.05) is 29.8 Å². The fourth-order valence-corrected chi connectivity index (χ4v) is 4.88. The number of anilines is 2. The molecule has 2 amide bonds. The molecule has 0 fully saturated rings. The lowest BCUT2D eigenvalue weighted by Gasteiger charge is -2.13. The molecule has 5 nitrogen and oxygen atoms in total. The number of rotatable bonds is 6. The summed E-state index contributed by atoms with van der Waals surface area (Å²) in [6.07, 6.45) is 3.92. The zero-order valence-electron chi connectivity index (χ0n) is 16.2. The Labute approximate surface area is 184 Å². The van der Waals surface area contributed by atoms with Gasteiger partial charge in [-0.05, 0) is 67.6 Å². The van der Waals surface area contributed by atoms with Gasteiger partial charge in [-0.25, -0.2) is 0 Å². The van der Waals surface area contributed by atoms with E-state index in [-0.39, 0.29) is 18.4 Å². The lowest BCUT2D eigenvalue weighted by molar-refractivity contribution is -0.118. The predicted molar refractivity (Wildman–Crippen MR) is 121 cm³/mol. The van der Waals surface area contributed by atoms with E-state index in [4.69, 9.17) is 16.3 Å². The molecule has 0 radical (unpaired) electrons. The highest BCUT2D eigenvalue weighted by atomic mass is 35.5. The standard InChI is InChI=1S/C23H21ClN2O3S/c24-15-10-12-17(13-11-15)29-14-20(27)26-23-21(18-8-4-5-9-19(18)30-23)22(28)25-16-6-2-1-3-7-16/h1-3,6-7,10-13H,4-5,8-9,14H2,(H,25,28)(H,26,27). The number of hydrogen-bond donors (Lipinski definition) is 2. The molecule has 2 aromatic carbocycles. The van der Waals surface area contributed by atoms with Gasteiger partial charge >= 0.3 is 0 Å². The molecular weight excluding hydrogens is 420 g/mol. The van der Waals surface area contributed by atoms with E-state index in [9.17, 15) is 9.59 Å². The van der Waals surface area contributed by atoms with Gasteiger partial charge < -0.3 is 15.4 Å². The second-order valence-corrected chi connectivity index (χ2v) is 8.57. The van der Waals surface area contributed by atoms with Crippen molar-refractivity contribution in [1.82, 2.24) is 0 Å². The second-order valence-electron chi connectivity index (χ2n) is 7.03. The molecule has 4 rings (SSSR count). The van der Waals surface area contributed by atoms with E-state index in [1.54, 1.807) is 24.3 Å². The first-order valence-corrected chi connectivity index (χ1v) is 11.0. The SMILES string of the molecule is O=C(COc1ccc(Cl)cc1)Nc1sc2c(c1C(=O)Nc1ccccc1)CCCC2. The summed E-state index contributed by atoms with van der Waals surface area (Å²) < 4.78 is 5.53. The van der Waals surface area contributed by atoms with Crippen LogP contribution in [0.3, 0.4) is 0 Å². The van der Waals surface area contributed by atoms with E-state index in [1.165, 1.54) is 16.2 Å². The van der Waals surface area contributed by atoms with Gasteiger partial charge in [-0.15, -0.1) is 11.3 Å². The largest absolute Gasteiger partial charge is 0.484 e. The maximum absolute atomic E-state index is 13.1. The van der Waals surface area contributed by atoms with Crippen LogP contribution in [-0.2, 0) is 17.6 Å². The number of halogens is 1. The average Bonchev–Trinajstić information content (AvgIpc) is 3.12. The van der Waals surface area contributed by atoms with Crippen molar-refractivity contribution in [2.24, 2.45) is 0 Å². The monoisotopic (exact) mass is 440 g/mol. The first kappa shape index (κ1) is 20.4. The Morgan fingerprint density at radius 2 is 1.70 bits per heavy atom. The first-order chi connectivity index (χ1) is 14.6. The number of carbonyl (C=O) groups is 2. The van der Waals surface area contributed by atoms with Crippen molar-refractivity contribution in [3.63, 3.8) is 0 Å². The van der Waals surface area contributed by atoms with Crippen molar-refractivity contribution < 1.29 is 14.3 Å². The van der Waals surface area contributed by atoms with E-state index in [0.29, 0.717) is 21.3 Å². The lowest BCUT2D eigenvalue weighted by Crippen LogP contribution is -2.22. The third kappa shape index (κ3) is 4.83. The Bertz CT molecular complexity index is 1050. The van der Waals surface area contributed by atoms with Gasteiger partial charge in [-0.2, -0.15) is 0 Å². The molecule has 2 N–H and O–H groups in total. The molecule has 1 aliphatic carbocycles. The van der Waals surface area contributed by atoms with Crippen LogP contribution in [0.4, 0.5) is 10.7 Å². The fraction of sp³-hybridized carbons (Fsp3) is 0.217. The van der Waals surface area contributed by atoms with Gasteiger partial charge in [0.2, 0.25) is 0 Å². The van der Waals surface area contributed by atoms with Crippen LogP contribution >= 0.6 is 22.9 Å². The fourth-order valence-electron chi connectivity index (χ4n) is 3.45. The molecule has 154 valence electrons. The molecule has 30 heavy (non-hydrogen) atoms. The molecule has 0 spiro atoms. The van der Waals surface area contributed by atoms with Crippen LogP contribution in [0, 0.1) is 0 Å². The molecule has 0 saturated carbocycles. The van der Waals surface area contributed by atoms with Crippen LogP contribution in [-0.4, -0.2) is 18.4 Å². The summed E-state index contributed by atoms with van der Waals surface area (Å²) in [6, 6.07) is 16.1. The topological polar surface area (TPSA) is 67.4 Å². The van der Waals surface area contributed by atoms with Gasteiger partial charge in [0.1, 0.15) is 10.8 Å². The third-order valence-electron chi connectivity index (χ3n) is 4.87. The summed E-state index contributed by atoms with van der Waals surface area (Å²) in [4.78, 5) is 26.7. The van der Waals surface area contributed by atoms with Crippen LogP contribution in [0.5, 0.6) is 5.75 Å². The zero-order valence-corrected chi connectivity index (χ0v) is 17.8. The molecule has 0 unspecified atom stereocenters. The number of carbonyl (C=O) groups excluding carboxylic acids is 2. The van der Waals surface area contributed by atoms with E-state index in [2.05, 4.69) is 10.6 Å². The summed E-state index contributed by atoms with van der Waals surface area (Å²) in [7, 11) is 0. The second kappa shape index (κ2) is 9.32. The lowest BCUT2D eigenvalue weighted by atomic mass is 9.95. The minimum atomic E-state index is -0.308. The minimum absolute atomic E-state index is 0.149. The van der Waals surface area contributed by atoms with Gasteiger partial charge in [-0.3, -0.25) is 9.59 Å². The van der Waals surface area contributed by atoms with Gasteiger partial charge in [0, 0.05) is 15.6 Å². The van der Waals surface area contributed by atoms with Crippen molar-refractivity contribution in [2.45, 2.75) is 25.7 Å². The highest BCUT2D eigenvalue weighted by molar-refractivity contribution is 7.17. The summed E-state index contributed by atoms with van der Waals surface area (Å²) >= 11 is 7.35. The molecule has 0 saturated heterocycles. The minimum Gasteiger partial charge on any atom is -0.484 e. The summed E-state index contributed by atoms with van der Waals surface area (Å²) in [5, 5.41) is 7.01. The maximum Gasteiger partial charge on any atom is 0.262 e. The Morgan fingerprint density at radius 3 is 2.47 bits per heavy atom. The molecule has 0 atom stereocenters. The summed E-state index contributed by atoms with van der Waals surface area (Å²) in [5.41, 5.74) is 2.34. The summed E-state index contributed by atoms with van der Waals surface area (Å²) in [5.74, 6) is 0.0499. The van der Waals surface area contributed by atoms with Crippen molar-refractivity contribution in [3.8, 4) is 5.75 Å². The maximum atomic E-state index is 13.1. The zero-order chi connectivity index (χ0) is 20.9. The van der Waals surface area contributed by atoms with Crippen molar-refractivity contribution in [1.29, 1.82) is 0 Å². The predicted octanol–water partition coefficient (Wildman–Crippen LogP) is 5.55.